The molecule has 3 aromatic rings. The second kappa shape index (κ2) is 9.88. The van der Waals surface area contributed by atoms with Crippen LogP contribution in [0.2, 0.25) is 0 Å². The minimum Gasteiger partial charge on any atom is -0.506 e. The first-order chi connectivity index (χ1) is 12.6. The normalized spacial score (nSPS) is 10.6. The Labute approximate surface area is 180 Å². The van der Waals surface area contributed by atoms with Crippen molar-refractivity contribution in [2.24, 2.45) is 0 Å². The molecule has 0 unspecified atom stereocenters. The Bertz CT molecular complexity index is 980. The van der Waals surface area contributed by atoms with Gasteiger partial charge in [-0.25, -0.2) is 0 Å². The van der Waals surface area contributed by atoms with Crippen molar-refractivity contribution in [2.45, 2.75) is 39.0 Å². The number of aromatic amines is 1. The quantitative estimate of drug-likeness (QED) is 0.376. The molecule has 0 atom stereocenters. The van der Waals surface area contributed by atoms with Crippen molar-refractivity contribution < 1.29 is 39.5 Å². The maximum absolute atomic E-state index is 12.7. The number of H-pyrrole nitrogens is 1. The summed E-state index contributed by atoms with van der Waals surface area (Å²) >= 11 is 0. The van der Waals surface area contributed by atoms with Gasteiger partial charge in [0.25, 0.3) is 5.56 Å². The van der Waals surface area contributed by atoms with Crippen molar-refractivity contribution in [3.63, 3.8) is 0 Å². The first kappa shape index (κ1) is 21.4. The number of unbranched alkanes of at least 4 members (excludes halogenated alkanes) is 3. The fourth-order valence-electron chi connectivity index (χ4n) is 3.18. The third kappa shape index (κ3) is 4.89. The molecule has 1 heterocycles. The van der Waals surface area contributed by atoms with Gasteiger partial charge in [0, 0.05) is 10.9 Å². The van der Waals surface area contributed by atoms with E-state index in [-0.39, 0.29) is 40.9 Å². The molecular formula is C22H23NNaO3+. The monoisotopic (exact) mass is 372 g/mol. The van der Waals surface area contributed by atoms with Gasteiger partial charge < -0.3 is 10.1 Å². The van der Waals surface area contributed by atoms with Gasteiger partial charge in [0.2, 0.25) is 5.78 Å². The fourth-order valence-corrected chi connectivity index (χ4v) is 3.18. The second-order valence-corrected chi connectivity index (χ2v) is 6.56. The van der Waals surface area contributed by atoms with Crippen LogP contribution >= 0.6 is 0 Å². The van der Waals surface area contributed by atoms with Gasteiger partial charge in [0.05, 0.1) is 5.52 Å². The van der Waals surface area contributed by atoms with E-state index in [9.17, 15) is 14.7 Å². The van der Waals surface area contributed by atoms with Gasteiger partial charge >= 0.3 is 29.6 Å². The van der Waals surface area contributed by atoms with Gasteiger partial charge in [0.15, 0.2) is 0 Å². The molecule has 0 saturated heterocycles. The molecule has 2 N–H and O–H groups in total. The topological polar surface area (TPSA) is 70.2 Å². The molecule has 134 valence electrons. The molecule has 1 aromatic heterocycles. The maximum Gasteiger partial charge on any atom is 1.00 e. The summed E-state index contributed by atoms with van der Waals surface area (Å²) < 4.78 is 0. The summed E-state index contributed by atoms with van der Waals surface area (Å²) in [6, 6.07) is 14.2. The van der Waals surface area contributed by atoms with Crippen LogP contribution in [0.25, 0.3) is 10.9 Å². The number of benzene rings is 2. The van der Waals surface area contributed by atoms with Gasteiger partial charge in [0.1, 0.15) is 11.3 Å². The van der Waals surface area contributed by atoms with E-state index < -0.39 is 11.3 Å². The van der Waals surface area contributed by atoms with Crippen LogP contribution in [0, 0.1) is 0 Å². The molecule has 0 saturated carbocycles. The standard InChI is InChI=1S/C22H23NO3.Na/c1-2-3-4-6-9-15-12-13-18-17(14-15)21(25)19(22(26)23-18)20(24)16-10-7-5-8-11-16;/h5,7-8,10-14H,2-4,6,9H2,1H3,(H2,23,25,26);/q;+1. The van der Waals surface area contributed by atoms with E-state index in [2.05, 4.69) is 11.9 Å². The zero-order valence-electron chi connectivity index (χ0n) is 15.9. The third-order valence-corrected chi connectivity index (χ3v) is 4.63. The number of carbonyl (C=O) groups excluding carboxylic acids is 1. The van der Waals surface area contributed by atoms with Gasteiger partial charge in [-0.1, -0.05) is 62.6 Å². The molecule has 0 radical (unpaired) electrons. The number of hydrogen-bond donors (Lipinski definition) is 2. The smallest absolute Gasteiger partial charge is 0.506 e. The van der Waals surface area contributed by atoms with Gasteiger partial charge in [-0.15, -0.1) is 0 Å². The van der Waals surface area contributed by atoms with Crippen molar-refractivity contribution in [3.8, 4) is 5.75 Å². The van der Waals surface area contributed by atoms with E-state index >= 15 is 0 Å². The zero-order valence-corrected chi connectivity index (χ0v) is 17.9. The van der Waals surface area contributed by atoms with Crippen molar-refractivity contribution in [3.05, 3.63) is 75.6 Å². The van der Waals surface area contributed by atoms with E-state index in [1.165, 1.54) is 19.3 Å². The van der Waals surface area contributed by atoms with Crippen LogP contribution in [0.1, 0.15) is 54.1 Å². The molecule has 0 aliphatic rings. The third-order valence-electron chi connectivity index (χ3n) is 4.63. The van der Waals surface area contributed by atoms with Crippen molar-refractivity contribution in [2.75, 3.05) is 0 Å². The Hall–Kier alpha value is -1.88. The van der Waals surface area contributed by atoms with Crippen molar-refractivity contribution in [1.82, 2.24) is 4.98 Å². The molecule has 5 heteroatoms. The zero-order chi connectivity index (χ0) is 18.5. The SMILES string of the molecule is CCCCCCc1ccc2[nH]c(=O)c(C(=O)c3ccccc3)c(O)c2c1.[Na+]. The van der Waals surface area contributed by atoms with E-state index in [1.54, 1.807) is 36.4 Å². The molecule has 3 rings (SSSR count). The molecule has 2 aromatic carbocycles. The number of fused-ring (bicyclic) bond motifs is 1. The fraction of sp³-hybridized carbons (Fsp3) is 0.273. The van der Waals surface area contributed by atoms with E-state index in [4.69, 9.17) is 0 Å². The Morgan fingerprint density at radius 1 is 1.04 bits per heavy atom. The number of ketones is 1. The number of hydrogen-bond acceptors (Lipinski definition) is 3. The maximum atomic E-state index is 12.7. The molecule has 0 aliphatic heterocycles. The number of aromatic nitrogens is 1. The van der Waals surface area contributed by atoms with E-state index in [0.29, 0.717) is 16.5 Å². The van der Waals surface area contributed by atoms with Gasteiger partial charge in [-0.05, 0) is 30.5 Å². The second-order valence-electron chi connectivity index (χ2n) is 6.56. The molecule has 0 spiro atoms. The Balaban J connectivity index is 0.00000261. The van der Waals surface area contributed by atoms with Crippen LogP contribution < -0.4 is 35.1 Å². The number of pyridine rings is 1. The Morgan fingerprint density at radius 3 is 2.48 bits per heavy atom. The van der Waals surface area contributed by atoms with Crippen molar-refractivity contribution in [1.29, 1.82) is 0 Å². The number of aryl methyl sites for hydroxylation is 1. The molecule has 0 bridgehead atoms. The number of nitrogens with one attached hydrogen (secondary N) is 1. The molecule has 27 heavy (non-hydrogen) atoms. The van der Waals surface area contributed by atoms with Crippen LogP contribution in [0.15, 0.2) is 53.3 Å². The van der Waals surface area contributed by atoms with E-state index in [1.807, 2.05) is 12.1 Å². The average Bonchev–Trinajstić information content (AvgIpc) is 2.66. The Kier molecular flexibility index (Phi) is 7.84. The minimum atomic E-state index is -0.570. The first-order valence-corrected chi connectivity index (χ1v) is 9.09. The number of rotatable bonds is 7. The summed E-state index contributed by atoms with van der Waals surface area (Å²) in [4.78, 5) is 27.8. The van der Waals surface area contributed by atoms with Crippen LogP contribution in [-0.2, 0) is 6.42 Å². The molecular weight excluding hydrogens is 349 g/mol. The largest absolute Gasteiger partial charge is 1.00 e. The van der Waals surface area contributed by atoms with E-state index in [0.717, 1.165) is 18.4 Å². The Morgan fingerprint density at radius 2 is 1.78 bits per heavy atom. The summed E-state index contributed by atoms with van der Waals surface area (Å²) in [5.74, 6) is -0.715. The number of aromatic hydroxyl groups is 1. The van der Waals surface area contributed by atoms with Crippen LogP contribution in [0.3, 0.4) is 0 Å². The van der Waals surface area contributed by atoms with Crippen LogP contribution in [-0.4, -0.2) is 15.9 Å². The van der Waals surface area contributed by atoms with Crippen molar-refractivity contribution >= 4 is 16.7 Å². The van der Waals surface area contributed by atoms with Gasteiger partial charge in [-0.2, -0.15) is 0 Å². The number of carbonyl (C=O) groups is 1. The van der Waals surface area contributed by atoms with Crippen LogP contribution in [0.4, 0.5) is 0 Å². The summed E-state index contributed by atoms with van der Waals surface area (Å²) in [7, 11) is 0. The molecule has 0 amide bonds. The molecule has 0 fully saturated rings. The summed E-state index contributed by atoms with van der Waals surface area (Å²) in [5, 5.41) is 11.2. The molecule has 4 nitrogen and oxygen atoms in total. The van der Waals surface area contributed by atoms with Crippen LogP contribution in [0.5, 0.6) is 5.75 Å². The molecule has 0 aliphatic carbocycles. The predicted molar refractivity (Wildman–Crippen MR) is 104 cm³/mol. The first-order valence-electron chi connectivity index (χ1n) is 9.09. The predicted octanol–water partition coefficient (Wildman–Crippen LogP) is 1.59. The summed E-state index contributed by atoms with van der Waals surface area (Å²) in [6.45, 7) is 2.18. The average molecular weight is 372 g/mol. The summed E-state index contributed by atoms with van der Waals surface area (Å²) in [5.41, 5.74) is 1.23. The summed E-state index contributed by atoms with van der Waals surface area (Å²) in [6.07, 6.45) is 5.56. The van der Waals surface area contributed by atoms with Gasteiger partial charge in [-0.3, -0.25) is 9.59 Å². The minimum absolute atomic E-state index is 0.